The van der Waals surface area contributed by atoms with Crippen LogP contribution in [0.1, 0.15) is 20.2 Å². The summed E-state index contributed by atoms with van der Waals surface area (Å²) in [7, 11) is 0. The third kappa shape index (κ3) is 3.22. The van der Waals surface area contributed by atoms with E-state index in [-0.39, 0.29) is 11.8 Å². The number of hydrogen-bond donors (Lipinski definition) is 1. The summed E-state index contributed by atoms with van der Waals surface area (Å²) in [5, 5.41) is 11.0. The Balaban J connectivity index is 1.39. The maximum Gasteiger partial charge on any atom is 0.274 e. The van der Waals surface area contributed by atoms with Gasteiger partial charge < -0.3 is 9.80 Å². The van der Waals surface area contributed by atoms with E-state index in [2.05, 4.69) is 10.2 Å². The molecule has 0 aliphatic carbocycles. The number of nitrogens with one attached hydrogen (secondary N) is 1. The molecule has 4 heterocycles. The minimum Gasteiger partial charge on any atom is -0.334 e. The molecule has 1 saturated heterocycles. The minimum atomic E-state index is -0.0951. The van der Waals surface area contributed by atoms with Crippen molar-refractivity contribution in [3.8, 4) is 10.6 Å². The molecule has 1 aliphatic rings. The number of aromatic nitrogens is 2. The van der Waals surface area contributed by atoms with E-state index in [9.17, 15) is 9.59 Å². The van der Waals surface area contributed by atoms with Crippen molar-refractivity contribution in [1.82, 2.24) is 20.0 Å². The number of nitrogens with zero attached hydrogens (tertiary/aromatic N) is 3. The number of rotatable bonds is 3. The highest BCUT2D eigenvalue weighted by molar-refractivity contribution is 7.13. The second-order valence-corrected chi connectivity index (χ2v) is 7.60. The van der Waals surface area contributed by atoms with Gasteiger partial charge in [-0.25, -0.2) is 0 Å². The molecular weight excluding hydrogens is 356 g/mol. The molecule has 4 rings (SSSR count). The highest BCUT2D eigenvalue weighted by atomic mass is 32.1. The first-order valence-electron chi connectivity index (χ1n) is 7.94. The first-order chi connectivity index (χ1) is 12.2. The molecule has 2 amide bonds. The Kier molecular flexibility index (Phi) is 4.37. The van der Waals surface area contributed by atoms with E-state index in [1.165, 1.54) is 11.3 Å². The van der Waals surface area contributed by atoms with E-state index < -0.39 is 0 Å². The van der Waals surface area contributed by atoms with Gasteiger partial charge in [-0.15, -0.1) is 22.7 Å². The summed E-state index contributed by atoms with van der Waals surface area (Å²) in [5.41, 5.74) is 1.27. The molecule has 1 fully saturated rings. The average molecular weight is 372 g/mol. The standard InChI is InChI=1S/C17H16N4O2S2/c22-16(13-11-12(18-19-13)14-3-1-9-24-14)20-5-7-21(8-6-20)17(23)15-4-2-10-25-15/h1-4,9-11H,5-8H2,(H,18,19). The maximum atomic E-state index is 12.6. The summed E-state index contributed by atoms with van der Waals surface area (Å²) in [4.78, 5) is 30.3. The van der Waals surface area contributed by atoms with E-state index in [1.54, 1.807) is 27.2 Å². The van der Waals surface area contributed by atoms with Gasteiger partial charge in [-0.2, -0.15) is 5.10 Å². The molecule has 3 aromatic heterocycles. The van der Waals surface area contributed by atoms with E-state index in [4.69, 9.17) is 0 Å². The fourth-order valence-corrected chi connectivity index (χ4v) is 4.20. The topological polar surface area (TPSA) is 69.3 Å². The zero-order chi connectivity index (χ0) is 17.2. The maximum absolute atomic E-state index is 12.6. The van der Waals surface area contributed by atoms with Gasteiger partial charge in [0.15, 0.2) is 5.69 Å². The van der Waals surface area contributed by atoms with E-state index in [0.717, 1.165) is 15.4 Å². The van der Waals surface area contributed by atoms with Gasteiger partial charge in [-0.05, 0) is 29.0 Å². The molecule has 128 valence electrons. The first kappa shape index (κ1) is 16.0. The summed E-state index contributed by atoms with van der Waals surface area (Å²) in [6.07, 6.45) is 0. The lowest BCUT2D eigenvalue weighted by Gasteiger charge is -2.34. The fraction of sp³-hybridized carbons (Fsp3) is 0.235. The molecule has 1 N–H and O–H groups in total. The van der Waals surface area contributed by atoms with Crippen LogP contribution in [0.25, 0.3) is 10.6 Å². The summed E-state index contributed by atoms with van der Waals surface area (Å²) in [5.74, 6) is -0.0517. The molecule has 6 nitrogen and oxygen atoms in total. The van der Waals surface area contributed by atoms with Crippen molar-refractivity contribution in [2.45, 2.75) is 0 Å². The van der Waals surface area contributed by atoms with Crippen LogP contribution in [0, 0.1) is 0 Å². The van der Waals surface area contributed by atoms with Crippen LogP contribution < -0.4 is 0 Å². The lowest BCUT2D eigenvalue weighted by molar-refractivity contribution is 0.0535. The SMILES string of the molecule is O=C(c1cc(-c2cccs2)[nH]n1)N1CCN(C(=O)c2cccs2)CC1. The van der Waals surface area contributed by atoms with Crippen LogP contribution in [0.15, 0.2) is 41.1 Å². The lowest BCUT2D eigenvalue weighted by atomic mass is 10.2. The average Bonchev–Trinajstić information content (AvgIpc) is 3.42. The Hall–Kier alpha value is -2.45. The van der Waals surface area contributed by atoms with Crippen LogP contribution in [-0.2, 0) is 0 Å². The number of thiophene rings is 2. The van der Waals surface area contributed by atoms with Crippen LogP contribution in [0.4, 0.5) is 0 Å². The van der Waals surface area contributed by atoms with Crippen LogP contribution >= 0.6 is 22.7 Å². The molecule has 0 unspecified atom stereocenters. The number of carbonyl (C=O) groups is 2. The molecule has 3 aromatic rings. The van der Waals surface area contributed by atoms with Gasteiger partial charge in [0.05, 0.1) is 15.4 Å². The van der Waals surface area contributed by atoms with Gasteiger partial charge in [-0.3, -0.25) is 14.7 Å². The summed E-state index contributed by atoms with van der Waals surface area (Å²) in [6, 6.07) is 9.45. The summed E-state index contributed by atoms with van der Waals surface area (Å²) in [6.45, 7) is 2.14. The van der Waals surface area contributed by atoms with Crippen molar-refractivity contribution in [3.63, 3.8) is 0 Å². The number of H-pyrrole nitrogens is 1. The van der Waals surface area contributed by atoms with Crippen LogP contribution in [0.2, 0.25) is 0 Å². The van der Waals surface area contributed by atoms with Crippen LogP contribution in [0.3, 0.4) is 0 Å². The number of carbonyl (C=O) groups excluding carboxylic acids is 2. The third-order valence-corrected chi connectivity index (χ3v) is 5.93. The second kappa shape index (κ2) is 6.81. The highest BCUT2D eigenvalue weighted by Gasteiger charge is 2.27. The smallest absolute Gasteiger partial charge is 0.274 e. The summed E-state index contributed by atoms with van der Waals surface area (Å²) >= 11 is 3.04. The Morgan fingerprint density at radius 3 is 2.28 bits per heavy atom. The van der Waals surface area contributed by atoms with Gasteiger partial charge in [-0.1, -0.05) is 12.1 Å². The molecule has 25 heavy (non-hydrogen) atoms. The Bertz CT molecular complexity index is 863. The largest absolute Gasteiger partial charge is 0.334 e. The Morgan fingerprint density at radius 1 is 0.960 bits per heavy atom. The van der Waals surface area contributed by atoms with Gasteiger partial charge in [0.1, 0.15) is 0 Å². The molecule has 0 aromatic carbocycles. The quantitative estimate of drug-likeness (QED) is 0.769. The molecular formula is C17H16N4O2S2. The van der Waals surface area contributed by atoms with Crippen molar-refractivity contribution in [2.24, 2.45) is 0 Å². The minimum absolute atomic E-state index is 0.0434. The van der Waals surface area contributed by atoms with Gasteiger partial charge in [0, 0.05) is 26.2 Å². The van der Waals surface area contributed by atoms with Gasteiger partial charge >= 0.3 is 0 Å². The number of aromatic amines is 1. The summed E-state index contributed by atoms with van der Waals surface area (Å²) < 4.78 is 0. The predicted octanol–water partition coefficient (Wildman–Crippen LogP) is 2.80. The monoisotopic (exact) mass is 372 g/mol. The Labute approximate surface area is 152 Å². The Morgan fingerprint density at radius 2 is 1.64 bits per heavy atom. The zero-order valence-electron chi connectivity index (χ0n) is 13.3. The third-order valence-electron chi connectivity index (χ3n) is 4.17. The predicted molar refractivity (Wildman–Crippen MR) is 98.0 cm³/mol. The fourth-order valence-electron chi connectivity index (χ4n) is 2.82. The van der Waals surface area contributed by atoms with Crippen LogP contribution in [0.5, 0.6) is 0 Å². The number of piperazine rings is 1. The van der Waals surface area contributed by atoms with Crippen molar-refractivity contribution in [1.29, 1.82) is 0 Å². The van der Waals surface area contributed by atoms with Gasteiger partial charge in [0.25, 0.3) is 11.8 Å². The molecule has 0 radical (unpaired) electrons. The molecule has 0 saturated carbocycles. The van der Waals surface area contributed by atoms with Crippen LogP contribution in [-0.4, -0.2) is 58.0 Å². The van der Waals surface area contributed by atoms with Crippen molar-refractivity contribution < 1.29 is 9.59 Å². The number of hydrogen-bond acceptors (Lipinski definition) is 5. The second-order valence-electron chi connectivity index (χ2n) is 5.71. The molecule has 0 atom stereocenters. The number of amides is 2. The molecule has 0 spiro atoms. The molecule has 8 heteroatoms. The zero-order valence-corrected chi connectivity index (χ0v) is 15.0. The molecule has 0 bridgehead atoms. The first-order valence-corrected chi connectivity index (χ1v) is 9.69. The van der Waals surface area contributed by atoms with Crippen molar-refractivity contribution in [2.75, 3.05) is 26.2 Å². The van der Waals surface area contributed by atoms with E-state index >= 15 is 0 Å². The van der Waals surface area contributed by atoms with Crippen molar-refractivity contribution in [3.05, 3.63) is 51.7 Å². The molecule has 1 aliphatic heterocycles. The highest BCUT2D eigenvalue weighted by Crippen LogP contribution is 2.23. The normalized spacial score (nSPS) is 14.7. The van der Waals surface area contributed by atoms with E-state index in [1.807, 2.05) is 35.0 Å². The lowest BCUT2D eigenvalue weighted by Crippen LogP contribution is -2.50. The van der Waals surface area contributed by atoms with E-state index in [0.29, 0.717) is 31.9 Å². The van der Waals surface area contributed by atoms with Gasteiger partial charge in [0.2, 0.25) is 0 Å². The van der Waals surface area contributed by atoms with Crippen molar-refractivity contribution >= 4 is 34.5 Å².